The van der Waals surface area contributed by atoms with Crippen LogP contribution < -0.4 is 0 Å². The predicted octanol–water partition coefficient (Wildman–Crippen LogP) is 4.67. The van der Waals surface area contributed by atoms with Crippen LogP contribution in [0.2, 0.25) is 0 Å². The Hall–Kier alpha value is -0.370. The van der Waals surface area contributed by atoms with Crippen molar-refractivity contribution in [1.29, 1.82) is 0 Å². The Labute approximate surface area is 113 Å². The van der Waals surface area contributed by atoms with E-state index < -0.39 is 0 Å². The molecule has 0 amide bonds. The first-order chi connectivity index (χ1) is 8.24. The Bertz CT molecular complexity index is 327. The van der Waals surface area contributed by atoms with Gasteiger partial charge in [-0.25, -0.2) is 0 Å². The van der Waals surface area contributed by atoms with E-state index in [9.17, 15) is 0 Å². The van der Waals surface area contributed by atoms with Crippen LogP contribution in [0.25, 0.3) is 0 Å². The van der Waals surface area contributed by atoms with Gasteiger partial charge in [0.1, 0.15) is 0 Å². The summed E-state index contributed by atoms with van der Waals surface area (Å²) in [5, 5.41) is 0. The lowest BCUT2D eigenvalue weighted by atomic mass is 9.85. The highest BCUT2D eigenvalue weighted by Crippen LogP contribution is 2.30. The van der Waals surface area contributed by atoms with Gasteiger partial charge in [0.15, 0.2) is 0 Å². The Morgan fingerprint density at radius 2 is 2.06 bits per heavy atom. The molecule has 1 atom stereocenters. The molecular formula is C15H22BrN. The quantitative estimate of drug-likeness (QED) is 0.736. The fourth-order valence-corrected chi connectivity index (χ4v) is 3.57. The minimum Gasteiger partial charge on any atom is -0.261 e. The Morgan fingerprint density at radius 3 is 2.71 bits per heavy atom. The van der Waals surface area contributed by atoms with Crippen molar-refractivity contribution in [3.8, 4) is 0 Å². The van der Waals surface area contributed by atoms with Gasteiger partial charge in [0.25, 0.3) is 0 Å². The zero-order valence-electron chi connectivity index (χ0n) is 10.7. The molecule has 2 rings (SSSR count). The number of hydrogen-bond acceptors (Lipinski definition) is 1. The number of aryl methyl sites for hydroxylation is 1. The SMILES string of the molecule is Cc1ccc(CC(Br)CC2CCCCC2)nc1. The Kier molecular flexibility index (Phi) is 5.02. The molecule has 0 aromatic carbocycles. The molecule has 1 nitrogen and oxygen atoms in total. The zero-order valence-corrected chi connectivity index (χ0v) is 12.2. The van der Waals surface area contributed by atoms with Crippen LogP contribution in [0.1, 0.15) is 49.8 Å². The average Bonchev–Trinajstić information content (AvgIpc) is 2.33. The van der Waals surface area contributed by atoms with E-state index in [1.807, 2.05) is 6.20 Å². The van der Waals surface area contributed by atoms with Crippen molar-refractivity contribution in [1.82, 2.24) is 4.98 Å². The van der Waals surface area contributed by atoms with Crippen molar-refractivity contribution in [2.45, 2.75) is 56.7 Å². The van der Waals surface area contributed by atoms with Crippen LogP contribution >= 0.6 is 15.9 Å². The standard InChI is InChI=1S/C15H22BrN/c1-12-7-8-15(17-11-12)10-14(16)9-13-5-3-2-4-6-13/h7-8,11,13-14H,2-6,9-10H2,1H3. The second kappa shape index (κ2) is 6.53. The molecular weight excluding hydrogens is 274 g/mol. The molecule has 1 aliphatic carbocycles. The van der Waals surface area contributed by atoms with Crippen LogP contribution in [-0.4, -0.2) is 9.81 Å². The van der Waals surface area contributed by atoms with E-state index in [0.717, 1.165) is 12.3 Å². The molecule has 1 aromatic heterocycles. The molecule has 1 unspecified atom stereocenters. The Morgan fingerprint density at radius 1 is 1.29 bits per heavy atom. The van der Waals surface area contributed by atoms with Gasteiger partial charge in [-0.15, -0.1) is 0 Å². The topological polar surface area (TPSA) is 12.9 Å². The van der Waals surface area contributed by atoms with Crippen molar-refractivity contribution >= 4 is 15.9 Å². The molecule has 0 spiro atoms. The first-order valence-corrected chi connectivity index (χ1v) is 7.71. The van der Waals surface area contributed by atoms with E-state index in [4.69, 9.17) is 0 Å². The van der Waals surface area contributed by atoms with Crippen LogP contribution in [-0.2, 0) is 6.42 Å². The lowest BCUT2D eigenvalue weighted by molar-refractivity contribution is 0.337. The summed E-state index contributed by atoms with van der Waals surface area (Å²) in [7, 11) is 0. The monoisotopic (exact) mass is 295 g/mol. The number of aromatic nitrogens is 1. The minimum atomic E-state index is 0.598. The lowest BCUT2D eigenvalue weighted by Gasteiger charge is -2.23. The van der Waals surface area contributed by atoms with Crippen LogP contribution in [0.5, 0.6) is 0 Å². The summed E-state index contributed by atoms with van der Waals surface area (Å²) in [5.41, 5.74) is 2.46. The van der Waals surface area contributed by atoms with Gasteiger partial charge in [0.05, 0.1) is 0 Å². The minimum absolute atomic E-state index is 0.598. The maximum Gasteiger partial charge on any atom is 0.0414 e. The number of alkyl halides is 1. The van der Waals surface area contributed by atoms with E-state index in [1.54, 1.807) is 0 Å². The summed E-state index contributed by atoms with van der Waals surface area (Å²) >= 11 is 3.83. The van der Waals surface area contributed by atoms with Gasteiger partial charge in [0, 0.05) is 23.1 Å². The molecule has 1 saturated carbocycles. The molecule has 1 aliphatic rings. The molecule has 0 radical (unpaired) electrons. The summed E-state index contributed by atoms with van der Waals surface area (Å²) < 4.78 is 0. The zero-order chi connectivity index (χ0) is 12.1. The number of halogens is 1. The highest BCUT2D eigenvalue weighted by atomic mass is 79.9. The van der Waals surface area contributed by atoms with Crippen molar-refractivity contribution in [2.75, 3.05) is 0 Å². The van der Waals surface area contributed by atoms with Crippen molar-refractivity contribution in [3.63, 3.8) is 0 Å². The number of rotatable bonds is 4. The normalized spacial score (nSPS) is 19.2. The van der Waals surface area contributed by atoms with E-state index in [-0.39, 0.29) is 0 Å². The van der Waals surface area contributed by atoms with Gasteiger partial charge < -0.3 is 0 Å². The number of nitrogens with zero attached hydrogens (tertiary/aromatic N) is 1. The third kappa shape index (κ3) is 4.42. The van der Waals surface area contributed by atoms with E-state index >= 15 is 0 Å². The van der Waals surface area contributed by atoms with Crippen LogP contribution in [0.15, 0.2) is 18.3 Å². The highest BCUT2D eigenvalue weighted by Gasteiger charge is 2.17. The lowest BCUT2D eigenvalue weighted by Crippen LogP contribution is -2.14. The molecule has 1 aromatic rings. The van der Waals surface area contributed by atoms with Gasteiger partial charge in [-0.3, -0.25) is 4.98 Å². The molecule has 94 valence electrons. The van der Waals surface area contributed by atoms with Crippen molar-refractivity contribution in [3.05, 3.63) is 29.6 Å². The fraction of sp³-hybridized carbons (Fsp3) is 0.667. The first-order valence-electron chi connectivity index (χ1n) is 6.79. The van der Waals surface area contributed by atoms with Crippen LogP contribution in [0, 0.1) is 12.8 Å². The van der Waals surface area contributed by atoms with Gasteiger partial charge in [-0.2, -0.15) is 0 Å². The summed E-state index contributed by atoms with van der Waals surface area (Å²) in [6.45, 7) is 2.09. The van der Waals surface area contributed by atoms with Crippen molar-refractivity contribution in [2.24, 2.45) is 5.92 Å². The number of hydrogen-bond donors (Lipinski definition) is 0. The van der Waals surface area contributed by atoms with Gasteiger partial charge in [0.2, 0.25) is 0 Å². The summed E-state index contributed by atoms with van der Waals surface area (Å²) in [6, 6.07) is 4.31. The maximum atomic E-state index is 4.48. The number of pyridine rings is 1. The van der Waals surface area contributed by atoms with Gasteiger partial charge in [-0.05, 0) is 30.9 Å². The third-order valence-corrected chi connectivity index (χ3v) is 4.41. The van der Waals surface area contributed by atoms with Crippen LogP contribution in [0.3, 0.4) is 0 Å². The van der Waals surface area contributed by atoms with Crippen molar-refractivity contribution < 1.29 is 0 Å². The highest BCUT2D eigenvalue weighted by molar-refractivity contribution is 9.09. The largest absolute Gasteiger partial charge is 0.261 e. The molecule has 1 heterocycles. The van der Waals surface area contributed by atoms with Crippen LogP contribution in [0.4, 0.5) is 0 Å². The molecule has 0 bridgehead atoms. The molecule has 17 heavy (non-hydrogen) atoms. The van der Waals surface area contributed by atoms with E-state index in [1.165, 1.54) is 49.8 Å². The molecule has 0 aliphatic heterocycles. The second-order valence-corrected chi connectivity index (χ2v) is 6.66. The summed E-state index contributed by atoms with van der Waals surface area (Å²) in [5.74, 6) is 0.943. The molecule has 0 saturated heterocycles. The van der Waals surface area contributed by atoms with E-state index in [2.05, 4.69) is 40.0 Å². The maximum absolute atomic E-state index is 4.48. The molecule has 2 heteroatoms. The molecule has 1 fully saturated rings. The van der Waals surface area contributed by atoms with Gasteiger partial charge >= 0.3 is 0 Å². The Balaban J connectivity index is 1.79. The summed E-state index contributed by atoms with van der Waals surface area (Å²) in [4.78, 5) is 5.08. The van der Waals surface area contributed by atoms with Gasteiger partial charge in [-0.1, -0.05) is 54.1 Å². The first kappa shape index (κ1) is 13.1. The smallest absolute Gasteiger partial charge is 0.0414 e. The summed E-state index contributed by atoms with van der Waals surface area (Å²) in [6.07, 6.45) is 11.5. The average molecular weight is 296 g/mol. The van der Waals surface area contributed by atoms with E-state index in [0.29, 0.717) is 4.83 Å². The predicted molar refractivity (Wildman–Crippen MR) is 76.6 cm³/mol. The second-order valence-electron chi connectivity index (χ2n) is 5.37. The molecule has 0 N–H and O–H groups in total. The third-order valence-electron chi connectivity index (χ3n) is 3.72. The fourth-order valence-electron chi connectivity index (χ4n) is 2.71.